The van der Waals surface area contributed by atoms with Gasteiger partial charge in [0.15, 0.2) is 0 Å². The third-order valence-electron chi connectivity index (χ3n) is 4.63. The van der Waals surface area contributed by atoms with Crippen LogP contribution in [-0.2, 0) is 9.59 Å². The summed E-state index contributed by atoms with van der Waals surface area (Å²) in [5, 5.41) is 12.9. The highest BCUT2D eigenvalue weighted by molar-refractivity contribution is 6.31. The molecule has 1 aromatic carbocycles. The van der Waals surface area contributed by atoms with Crippen molar-refractivity contribution in [1.29, 1.82) is 0 Å². The molecule has 1 saturated heterocycles. The Kier molecular flexibility index (Phi) is 8.18. The number of phenols is 1. The number of nitrogens with two attached hydrogens (primary N) is 1. The monoisotopic (exact) mass is 403 g/mol. The molecule has 2 rings (SSSR count). The summed E-state index contributed by atoms with van der Waals surface area (Å²) in [4.78, 5) is 26.7. The summed E-state index contributed by atoms with van der Waals surface area (Å²) >= 11 is 5.89. The van der Waals surface area contributed by atoms with E-state index in [0.717, 1.165) is 6.42 Å². The Morgan fingerprint density at radius 3 is 2.58 bits per heavy atom. The molecule has 0 bridgehead atoms. The molecule has 8 heteroatoms. The Morgan fingerprint density at radius 1 is 1.38 bits per heavy atom. The lowest BCUT2D eigenvalue weighted by atomic mass is 9.91. The van der Waals surface area contributed by atoms with Crippen LogP contribution < -0.4 is 11.1 Å². The Labute approximate surface area is 165 Å². The molecule has 6 nitrogen and oxygen atoms in total. The van der Waals surface area contributed by atoms with E-state index in [0.29, 0.717) is 43.1 Å². The van der Waals surface area contributed by atoms with Crippen molar-refractivity contribution in [2.75, 3.05) is 18.4 Å². The lowest BCUT2D eigenvalue weighted by Gasteiger charge is -2.36. The molecule has 0 aromatic heterocycles. The number of piperidine rings is 1. The summed E-state index contributed by atoms with van der Waals surface area (Å²) in [7, 11) is 0. The molecule has 1 atom stereocenters. The van der Waals surface area contributed by atoms with E-state index in [9.17, 15) is 14.7 Å². The molecule has 1 aromatic rings. The average molecular weight is 404 g/mol. The number of hydrogen-bond acceptors (Lipinski definition) is 4. The Bertz CT molecular complexity index is 645. The van der Waals surface area contributed by atoms with Crippen molar-refractivity contribution in [3.63, 3.8) is 0 Å². The molecule has 1 aliphatic rings. The second-order valence-electron chi connectivity index (χ2n) is 6.88. The van der Waals surface area contributed by atoms with Crippen molar-refractivity contribution >= 4 is 41.5 Å². The number of phenolic OH excluding ortho intramolecular Hbond substituents is 1. The summed E-state index contributed by atoms with van der Waals surface area (Å²) in [6, 6.07) is 4.50. The van der Waals surface area contributed by atoms with Crippen LogP contribution in [0.15, 0.2) is 18.2 Å². The normalized spacial score (nSPS) is 17.2. The van der Waals surface area contributed by atoms with Gasteiger partial charge in [0.25, 0.3) is 0 Å². The number of nitrogens with one attached hydrogen (secondary N) is 1. The van der Waals surface area contributed by atoms with Gasteiger partial charge in [-0.15, -0.1) is 12.4 Å². The predicted molar refractivity (Wildman–Crippen MR) is 106 cm³/mol. The van der Waals surface area contributed by atoms with E-state index >= 15 is 0 Å². The molecule has 26 heavy (non-hydrogen) atoms. The van der Waals surface area contributed by atoms with E-state index in [2.05, 4.69) is 5.32 Å². The minimum Gasteiger partial charge on any atom is -0.506 e. The molecule has 146 valence electrons. The maximum Gasteiger partial charge on any atom is 0.242 e. The summed E-state index contributed by atoms with van der Waals surface area (Å²) in [6.45, 7) is 4.78. The maximum absolute atomic E-state index is 12.5. The summed E-state index contributed by atoms with van der Waals surface area (Å²) in [5.74, 6) is -0.462. The van der Waals surface area contributed by atoms with Crippen LogP contribution in [0.1, 0.15) is 39.5 Å². The molecular weight excluding hydrogens is 377 g/mol. The van der Waals surface area contributed by atoms with Crippen LogP contribution >= 0.6 is 24.0 Å². The van der Waals surface area contributed by atoms with Crippen LogP contribution in [-0.4, -0.2) is 40.4 Å². The molecule has 0 aliphatic carbocycles. The number of anilines is 1. The second-order valence-corrected chi connectivity index (χ2v) is 7.32. The number of carbonyl (C=O) groups excluding carboxylic acids is 2. The molecule has 4 N–H and O–H groups in total. The molecule has 1 aliphatic heterocycles. The number of rotatable bonds is 5. The minimum absolute atomic E-state index is 0. The third kappa shape index (κ3) is 5.50. The molecule has 0 spiro atoms. The van der Waals surface area contributed by atoms with E-state index < -0.39 is 5.54 Å². The topological polar surface area (TPSA) is 95.7 Å². The first kappa shape index (κ1) is 22.5. The molecule has 1 heterocycles. The van der Waals surface area contributed by atoms with Gasteiger partial charge in [0.05, 0.1) is 11.2 Å². The van der Waals surface area contributed by atoms with E-state index in [1.807, 2.05) is 6.92 Å². The number of hydrogen-bond donors (Lipinski definition) is 3. The maximum atomic E-state index is 12.5. The van der Waals surface area contributed by atoms with Gasteiger partial charge >= 0.3 is 0 Å². The Hall–Kier alpha value is -1.50. The first-order valence-corrected chi connectivity index (χ1v) is 9.00. The number of likely N-dealkylation sites (tertiary alicyclic amines) is 1. The summed E-state index contributed by atoms with van der Waals surface area (Å²) < 4.78 is 0. The fourth-order valence-corrected chi connectivity index (χ4v) is 3.35. The van der Waals surface area contributed by atoms with E-state index in [-0.39, 0.29) is 35.9 Å². The SMILES string of the molecule is CCCC(C)(N)C(=O)N1CCC(C(=O)Nc2cc(Cl)ccc2O)CC1.Cl. The summed E-state index contributed by atoms with van der Waals surface area (Å²) in [6.07, 6.45) is 2.63. The van der Waals surface area contributed by atoms with Gasteiger partial charge in [0.1, 0.15) is 5.75 Å². The van der Waals surface area contributed by atoms with E-state index in [1.54, 1.807) is 17.9 Å². The quantitative estimate of drug-likeness (QED) is 0.657. The zero-order chi connectivity index (χ0) is 18.6. The van der Waals surface area contributed by atoms with Crippen molar-refractivity contribution in [3.8, 4) is 5.75 Å². The van der Waals surface area contributed by atoms with Gasteiger partial charge < -0.3 is 21.1 Å². The number of halogens is 2. The van der Waals surface area contributed by atoms with Gasteiger partial charge in [0.2, 0.25) is 11.8 Å². The van der Waals surface area contributed by atoms with Gasteiger partial charge in [-0.25, -0.2) is 0 Å². The molecular formula is C18H27Cl2N3O3. The molecule has 1 unspecified atom stereocenters. The van der Waals surface area contributed by atoms with Gasteiger partial charge in [-0.1, -0.05) is 24.9 Å². The Morgan fingerprint density at radius 2 is 2.00 bits per heavy atom. The number of carbonyl (C=O) groups is 2. The van der Waals surface area contributed by atoms with Gasteiger partial charge in [-0.05, 0) is 44.4 Å². The smallest absolute Gasteiger partial charge is 0.242 e. The fraction of sp³-hybridized carbons (Fsp3) is 0.556. The third-order valence-corrected chi connectivity index (χ3v) is 4.86. The van der Waals surface area contributed by atoms with Crippen LogP contribution in [0.3, 0.4) is 0 Å². The highest BCUT2D eigenvalue weighted by Crippen LogP contribution is 2.28. The predicted octanol–water partition coefficient (Wildman–Crippen LogP) is 3.16. The molecule has 0 saturated carbocycles. The number of nitrogens with zero attached hydrogens (tertiary/aromatic N) is 1. The van der Waals surface area contributed by atoms with Crippen LogP contribution in [0.5, 0.6) is 5.75 Å². The van der Waals surface area contributed by atoms with E-state index in [1.165, 1.54) is 12.1 Å². The second kappa shape index (κ2) is 9.44. The van der Waals surface area contributed by atoms with Gasteiger partial charge in [-0.3, -0.25) is 9.59 Å². The van der Waals surface area contributed by atoms with Gasteiger partial charge in [0, 0.05) is 24.0 Å². The van der Waals surface area contributed by atoms with Crippen LogP contribution in [0.25, 0.3) is 0 Å². The largest absolute Gasteiger partial charge is 0.506 e. The van der Waals surface area contributed by atoms with Crippen molar-refractivity contribution in [2.24, 2.45) is 11.7 Å². The standard InChI is InChI=1S/C18H26ClN3O3.ClH/c1-3-8-18(2,20)17(25)22-9-6-12(7-10-22)16(24)21-14-11-13(19)4-5-15(14)23;/h4-5,11-12,23H,3,6-10,20H2,1-2H3,(H,21,24);1H. The average Bonchev–Trinajstić information content (AvgIpc) is 2.57. The number of aromatic hydroxyl groups is 1. The van der Waals surface area contributed by atoms with Crippen LogP contribution in [0.2, 0.25) is 5.02 Å². The minimum atomic E-state index is -0.851. The van der Waals surface area contributed by atoms with Crippen molar-refractivity contribution in [2.45, 2.75) is 45.1 Å². The first-order valence-electron chi connectivity index (χ1n) is 8.62. The lowest BCUT2D eigenvalue weighted by molar-refractivity contribution is -0.139. The highest BCUT2D eigenvalue weighted by atomic mass is 35.5. The zero-order valence-corrected chi connectivity index (χ0v) is 16.7. The van der Waals surface area contributed by atoms with Crippen LogP contribution in [0.4, 0.5) is 5.69 Å². The highest BCUT2D eigenvalue weighted by Gasteiger charge is 2.35. The summed E-state index contributed by atoms with van der Waals surface area (Å²) in [5.41, 5.74) is 5.57. The Balaban J connectivity index is 0.00000338. The number of amides is 2. The molecule has 0 radical (unpaired) electrons. The number of benzene rings is 1. The van der Waals surface area contributed by atoms with Crippen molar-refractivity contribution < 1.29 is 14.7 Å². The zero-order valence-electron chi connectivity index (χ0n) is 15.1. The van der Waals surface area contributed by atoms with Crippen LogP contribution in [0, 0.1) is 5.92 Å². The van der Waals surface area contributed by atoms with Crippen molar-refractivity contribution in [1.82, 2.24) is 4.90 Å². The first-order chi connectivity index (χ1) is 11.7. The van der Waals surface area contributed by atoms with Crippen molar-refractivity contribution in [3.05, 3.63) is 23.2 Å². The molecule has 1 fully saturated rings. The fourth-order valence-electron chi connectivity index (χ4n) is 3.18. The van der Waals surface area contributed by atoms with Gasteiger partial charge in [-0.2, -0.15) is 0 Å². The molecule has 2 amide bonds. The van der Waals surface area contributed by atoms with E-state index in [4.69, 9.17) is 17.3 Å². The lowest BCUT2D eigenvalue weighted by Crippen LogP contribution is -2.55.